The van der Waals surface area contributed by atoms with Gasteiger partial charge in [-0.1, -0.05) is 0 Å². The number of fused-ring (bicyclic) bond motifs is 1. The molecule has 3 fully saturated rings. The van der Waals surface area contributed by atoms with E-state index in [0.717, 1.165) is 24.3 Å². The zero-order chi connectivity index (χ0) is 40.0. The van der Waals surface area contributed by atoms with Gasteiger partial charge in [0.05, 0.1) is 19.8 Å². The Morgan fingerprint density at radius 2 is 1.09 bits per heavy atom. The fourth-order valence-corrected chi connectivity index (χ4v) is 6.25. The van der Waals surface area contributed by atoms with Crippen LogP contribution in [0.1, 0.15) is 0 Å². The zero-order valence-corrected chi connectivity index (χ0v) is 28.2. The van der Waals surface area contributed by atoms with Crippen molar-refractivity contribution in [1.82, 2.24) is 0 Å². The number of hydrogen-bond donors (Lipinski definition) is 14. The quantitative estimate of drug-likeness (QED) is 0.0853. The third-order valence-electron chi connectivity index (χ3n) is 9.42. The fourth-order valence-electron chi connectivity index (χ4n) is 6.25. The van der Waals surface area contributed by atoms with Gasteiger partial charge in [-0.15, -0.1) is 0 Å². The van der Waals surface area contributed by atoms with Crippen molar-refractivity contribution in [3.05, 3.63) is 40.6 Å². The van der Waals surface area contributed by atoms with Gasteiger partial charge in [0.1, 0.15) is 95.7 Å². The lowest BCUT2D eigenvalue weighted by Crippen LogP contribution is -2.62. The molecule has 2 aromatic carbocycles. The van der Waals surface area contributed by atoms with E-state index in [0.29, 0.717) is 0 Å². The molecule has 0 spiro atoms. The molecule has 0 saturated carbocycles. The number of phenols is 3. The van der Waals surface area contributed by atoms with Crippen LogP contribution in [0.3, 0.4) is 0 Å². The maximum absolute atomic E-state index is 13.9. The first kappa shape index (κ1) is 40.7. The normalized spacial score (nSPS) is 36.8. The Kier molecular flexibility index (Phi) is 12.0. The van der Waals surface area contributed by atoms with Crippen LogP contribution in [0.2, 0.25) is 0 Å². The van der Waals surface area contributed by atoms with Crippen LogP contribution in [0.15, 0.2) is 39.5 Å². The molecule has 22 nitrogen and oxygen atoms in total. The van der Waals surface area contributed by atoms with Crippen molar-refractivity contribution in [2.24, 2.45) is 0 Å². The molecule has 3 aliphatic rings. The zero-order valence-electron chi connectivity index (χ0n) is 28.2. The van der Waals surface area contributed by atoms with E-state index in [1.54, 1.807) is 0 Å². The number of aliphatic hydroxyl groups is 11. The highest BCUT2D eigenvalue weighted by molar-refractivity contribution is 5.88. The summed E-state index contributed by atoms with van der Waals surface area (Å²) < 4.78 is 38.9. The lowest BCUT2D eigenvalue weighted by atomic mass is 9.98. The molecule has 4 heterocycles. The Morgan fingerprint density at radius 3 is 1.67 bits per heavy atom. The van der Waals surface area contributed by atoms with Crippen LogP contribution in [0.25, 0.3) is 22.3 Å². The number of ether oxygens (including phenoxy) is 6. The SMILES string of the molecule is O=c1c(O[C@@H]2O[C@H](CO)[C@H](O)[C@H](O)[C@@H]2O)c(-c2ccc(O)c(O)c2)oc2cc(O[C@@H]3O[C@H](CO[C@@H]4O[C@H](CO)[C@H](O)[C@H](O)[C@@H]4O)[C@@H](O)[C@H](O)[C@@H]3O)cc(O)c12. The molecule has 14 N–H and O–H groups in total. The number of hydrogen-bond acceptors (Lipinski definition) is 22. The van der Waals surface area contributed by atoms with Gasteiger partial charge in [0.2, 0.25) is 23.8 Å². The monoisotopic (exact) mass is 788 g/mol. The number of rotatable bonds is 10. The highest BCUT2D eigenvalue weighted by Gasteiger charge is 2.49. The predicted molar refractivity (Wildman–Crippen MR) is 174 cm³/mol. The largest absolute Gasteiger partial charge is 0.507 e. The highest BCUT2D eigenvalue weighted by Crippen LogP contribution is 2.40. The van der Waals surface area contributed by atoms with Crippen molar-refractivity contribution in [2.75, 3.05) is 19.8 Å². The standard InChI is InChI=1S/C33H40O22/c34-6-15-19(39)23(43)26(46)31(52-15)49-8-17-21(41)25(45)27(47)32(54-17)50-10-4-13(38)18-14(5-10)51-29(9-1-2-11(36)12(37)3-9)30(22(18)42)55-33-28(48)24(44)20(40)16(7-35)53-33/h1-5,15-17,19-21,23-28,31-41,43-48H,6-8H2/t15-,16-,17-,19+,20+,21-,23+,24+,25+,26+,27+,28+,31-,32-,33+/m1/s1. The van der Waals surface area contributed by atoms with E-state index in [4.69, 9.17) is 32.8 Å². The lowest BCUT2D eigenvalue weighted by molar-refractivity contribution is -0.323. The minimum Gasteiger partial charge on any atom is -0.507 e. The Labute approximate surface area is 307 Å². The van der Waals surface area contributed by atoms with E-state index in [2.05, 4.69) is 0 Å². The first-order valence-corrected chi connectivity index (χ1v) is 16.7. The summed E-state index contributed by atoms with van der Waals surface area (Å²) in [4.78, 5) is 13.9. The van der Waals surface area contributed by atoms with Crippen LogP contribution in [0, 0.1) is 0 Å². The van der Waals surface area contributed by atoms with E-state index in [9.17, 15) is 76.3 Å². The Morgan fingerprint density at radius 1 is 0.564 bits per heavy atom. The molecule has 0 radical (unpaired) electrons. The Balaban J connectivity index is 1.30. The van der Waals surface area contributed by atoms with E-state index in [1.807, 2.05) is 0 Å². The third-order valence-corrected chi connectivity index (χ3v) is 9.42. The van der Waals surface area contributed by atoms with Crippen molar-refractivity contribution in [2.45, 2.75) is 92.1 Å². The summed E-state index contributed by atoms with van der Waals surface area (Å²) in [6.45, 7) is -2.26. The van der Waals surface area contributed by atoms with Gasteiger partial charge >= 0.3 is 0 Å². The Hall–Kier alpha value is -3.95. The van der Waals surface area contributed by atoms with E-state index < -0.39 is 157 Å². The summed E-state index contributed by atoms with van der Waals surface area (Å²) in [5, 5.41) is 143. The van der Waals surface area contributed by atoms with Gasteiger partial charge in [-0.05, 0) is 18.2 Å². The summed E-state index contributed by atoms with van der Waals surface area (Å²) in [6, 6.07) is 5.08. The Bertz CT molecular complexity index is 1870. The first-order valence-electron chi connectivity index (χ1n) is 16.7. The second-order valence-corrected chi connectivity index (χ2v) is 13.1. The van der Waals surface area contributed by atoms with Crippen molar-refractivity contribution < 1.29 is 104 Å². The molecule has 15 atom stereocenters. The van der Waals surface area contributed by atoms with Crippen LogP contribution in [-0.2, 0) is 18.9 Å². The molecule has 1 aromatic heterocycles. The van der Waals surface area contributed by atoms with Gasteiger partial charge < -0.3 is 104 Å². The average molecular weight is 789 g/mol. The molecule has 55 heavy (non-hydrogen) atoms. The molecule has 304 valence electrons. The van der Waals surface area contributed by atoms with Crippen molar-refractivity contribution >= 4 is 11.0 Å². The predicted octanol–water partition coefficient (Wildman–Crippen LogP) is -5.24. The van der Waals surface area contributed by atoms with Gasteiger partial charge in [0.25, 0.3) is 0 Å². The maximum Gasteiger partial charge on any atom is 0.239 e. The first-order chi connectivity index (χ1) is 26.1. The summed E-state index contributed by atoms with van der Waals surface area (Å²) in [5.41, 5.74) is -1.68. The second-order valence-electron chi connectivity index (χ2n) is 13.1. The molecule has 22 heteroatoms. The summed E-state index contributed by atoms with van der Waals surface area (Å²) >= 11 is 0. The van der Waals surface area contributed by atoms with Gasteiger partial charge in [-0.25, -0.2) is 0 Å². The van der Waals surface area contributed by atoms with Gasteiger partial charge in [0.15, 0.2) is 23.5 Å². The van der Waals surface area contributed by atoms with Crippen LogP contribution in [0.4, 0.5) is 0 Å². The molecule has 0 unspecified atom stereocenters. The van der Waals surface area contributed by atoms with Crippen LogP contribution in [-0.4, -0.2) is 183 Å². The van der Waals surface area contributed by atoms with E-state index >= 15 is 0 Å². The molecule has 3 saturated heterocycles. The summed E-state index contributed by atoms with van der Waals surface area (Å²) in [7, 11) is 0. The van der Waals surface area contributed by atoms with Gasteiger partial charge in [-0.3, -0.25) is 4.79 Å². The molecule has 3 aromatic rings. The molecular formula is C33H40O22. The highest BCUT2D eigenvalue weighted by atomic mass is 16.7. The number of aliphatic hydroxyl groups excluding tert-OH is 11. The fraction of sp³-hybridized carbons (Fsp3) is 0.545. The van der Waals surface area contributed by atoms with Crippen molar-refractivity contribution in [3.8, 4) is 40.1 Å². The smallest absolute Gasteiger partial charge is 0.239 e. The topological polar surface area (TPSA) is 369 Å². The summed E-state index contributed by atoms with van der Waals surface area (Å²) in [5.74, 6) is -3.69. The minimum absolute atomic E-state index is 0.120. The maximum atomic E-state index is 13.9. The molecule has 3 aliphatic heterocycles. The van der Waals surface area contributed by atoms with E-state index in [1.165, 1.54) is 6.07 Å². The van der Waals surface area contributed by atoms with Gasteiger partial charge in [0, 0.05) is 17.7 Å². The second kappa shape index (κ2) is 16.3. The number of aromatic hydroxyl groups is 3. The molecule has 6 rings (SSSR count). The molecule has 0 bridgehead atoms. The third kappa shape index (κ3) is 7.76. The summed E-state index contributed by atoms with van der Waals surface area (Å²) in [6.07, 6.45) is -26.3. The molecule has 0 amide bonds. The van der Waals surface area contributed by atoms with Gasteiger partial charge in [-0.2, -0.15) is 0 Å². The number of benzene rings is 2. The van der Waals surface area contributed by atoms with Crippen LogP contribution in [0.5, 0.6) is 28.7 Å². The van der Waals surface area contributed by atoms with Crippen molar-refractivity contribution in [1.29, 1.82) is 0 Å². The lowest BCUT2D eigenvalue weighted by Gasteiger charge is -2.42. The molecular weight excluding hydrogens is 748 g/mol. The van der Waals surface area contributed by atoms with Crippen LogP contribution >= 0.6 is 0 Å². The van der Waals surface area contributed by atoms with Crippen molar-refractivity contribution in [3.63, 3.8) is 0 Å². The molecule has 0 aliphatic carbocycles. The average Bonchev–Trinajstić information content (AvgIpc) is 3.16. The van der Waals surface area contributed by atoms with Crippen LogP contribution < -0.4 is 14.9 Å². The minimum atomic E-state index is -1.99. The van der Waals surface area contributed by atoms with E-state index in [-0.39, 0.29) is 11.3 Å². The number of phenolic OH excluding ortho intramolecular Hbond substituents is 3.